The van der Waals surface area contributed by atoms with Gasteiger partial charge >= 0.3 is 0 Å². The molecule has 0 saturated heterocycles. The molecule has 4 heteroatoms. The van der Waals surface area contributed by atoms with Crippen LogP contribution in [0.2, 0.25) is 0 Å². The predicted molar refractivity (Wildman–Crippen MR) is 62.7 cm³/mol. The highest BCUT2D eigenvalue weighted by molar-refractivity contribution is 5.28. The largest absolute Gasteiger partial charge is 0.330 e. The van der Waals surface area contributed by atoms with E-state index in [2.05, 4.69) is 18.9 Å². The zero-order valence-electron chi connectivity index (χ0n) is 10.1. The van der Waals surface area contributed by atoms with E-state index < -0.39 is 0 Å². The zero-order chi connectivity index (χ0) is 11.6. The number of aryl methyl sites for hydroxylation is 2. The van der Waals surface area contributed by atoms with Crippen LogP contribution in [-0.2, 0) is 7.05 Å². The average molecular weight is 210 g/mol. The summed E-state index contributed by atoms with van der Waals surface area (Å²) >= 11 is 0. The van der Waals surface area contributed by atoms with Gasteiger partial charge in [-0.15, -0.1) is 0 Å². The van der Waals surface area contributed by atoms with Crippen LogP contribution in [0.15, 0.2) is 0 Å². The Hall–Kier alpha value is -0.870. The van der Waals surface area contributed by atoms with E-state index in [1.54, 1.807) is 0 Å². The Labute approximate surface area is 91.6 Å². The van der Waals surface area contributed by atoms with Gasteiger partial charge in [-0.05, 0) is 44.3 Å². The van der Waals surface area contributed by atoms with E-state index in [4.69, 9.17) is 11.5 Å². The van der Waals surface area contributed by atoms with Crippen LogP contribution in [0.5, 0.6) is 0 Å². The second-order valence-corrected chi connectivity index (χ2v) is 4.23. The fraction of sp³-hybridized carbons (Fsp3) is 0.727. The quantitative estimate of drug-likeness (QED) is 0.767. The van der Waals surface area contributed by atoms with Gasteiger partial charge in [-0.2, -0.15) is 5.10 Å². The summed E-state index contributed by atoms with van der Waals surface area (Å²) in [6.45, 7) is 7.58. The minimum absolute atomic E-state index is 0.339. The highest BCUT2D eigenvalue weighted by Crippen LogP contribution is 2.28. The maximum absolute atomic E-state index is 5.72. The lowest BCUT2D eigenvalue weighted by Crippen LogP contribution is -2.28. The Morgan fingerprint density at radius 2 is 1.80 bits per heavy atom. The number of rotatable bonds is 4. The first-order valence-corrected chi connectivity index (χ1v) is 5.43. The number of nitrogens with zero attached hydrogens (tertiary/aromatic N) is 2. The summed E-state index contributed by atoms with van der Waals surface area (Å²) in [6.07, 6.45) is 0. The van der Waals surface area contributed by atoms with Crippen molar-refractivity contribution < 1.29 is 0 Å². The van der Waals surface area contributed by atoms with Gasteiger partial charge in [-0.3, -0.25) is 4.68 Å². The van der Waals surface area contributed by atoms with E-state index in [1.165, 1.54) is 11.3 Å². The van der Waals surface area contributed by atoms with Crippen molar-refractivity contribution in [3.8, 4) is 0 Å². The monoisotopic (exact) mass is 210 g/mol. The van der Waals surface area contributed by atoms with Crippen LogP contribution in [0, 0.1) is 19.8 Å². The first-order valence-electron chi connectivity index (χ1n) is 5.43. The van der Waals surface area contributed by atoms with Gasteiger partial charge in [0.15, 0.2) is 0 Å². The second-order valence-electron chi connectivity index (χ2n) is 4.23. The molecule has 0 aliphatic carbocycles. The van der Waals surface area contributed by atoms with E-state index in [0.29, 0.717) is 24.9 Å². The van der Waals surface area contributed by atoms with E-state index in [1.807, 2.05) is 18.7 Å². The van der Waals surface area contributed by atoms with Crippen molar-refractivity contribution in [3.63, 3.8) is 0 Å². The van der Waals surface area contributed by atoms with Crippen LogP contribution in [-0.4, -0.2) is 22.9 Å². The minimum atomic E-state index is 0.339. The number of nitrogens with two attached hydrogens (primary N) is 2. The van der Waals surface area contributed by atoms with Crippen molar-refractivity contribution in [1.29, 1.82) is 0 Å². The zero-order valence-corrected chi connectivity index (χ0v) is 10.1. The predicted octanol–water partition coefficient (Wildman–Crippen LogP) is 0.674. The molecule has 0 saturated carbocycles. The molecule has 0 radical (unpaired) electrons. The SMILES string of the molecule is Cc1nn(C)c(C)c1C(C)C(CN)CN. The number of hydrogen-bond donors (Lipinski definition) is 2. The molecule has 0 spiro atoms. The van der Waals surface area contributed by atoms with Gasteiger partial charge in [0.1, 0.15) is 0 Å². The van der Waals surface area contributed by atoms with Crippen molar-refractivity contribution in [2.45, 2.75) is 26.7 Å². The second kappa shape index (κ2) is 4.77. The summed E-state index contributed by atoms with van der Waals surface area (Å²) in [5.74, 6) is 0.722. The van der Waals surface area contributed by atoms with Crippen LogP contribution >= 0.6 is 0 Å². The lowest BCUT2D eigenvalue weighted by atomic mass is 9.86. The van der Waals surface area contributed by atoms with Crippen LogP contribution in [0.1, 0.15) is 29.8 Å². The Balaban J connectivity index is 3.04. The van der Waals surface area contributed by atoms with Gasteiger partial charge in [0.05, 0.1) is 5.69 Å². The fourth-order valence-electron chi connectivity index (χ4n) is 2.19. The normalized spacial score (nSPS) is 13.5. The molecule has 0 amide bonds. The highest BCUT2D eigenvalue weighted by atomic mass is 15.3. The Morgan fingerprint density at radius 1 is 1.27 bits per heavy atom. The van der Waals surface area contributed by atoms with Crippen molar-refractivity contribution in [1.82, 2.24) is 9.78 Å². The molecule has 1 rings (SSSR count). The van der Waals surface area contributed by atoms with Gasteiger partial charge < -0.3 is 11.5 Å². The average Bonchev–Trinajstić information content (AvgIpc) is 2.43. The topological polar surface area (TPSA) is 69.9 Å². The highest BCUT2D eigenvalue weighted by Gasteiger charge is 2.22. The van der Waals surface area contributed by atoms with Crippen molar-refractivity contribution in [2.75, 3.05) is 13.1 Å². The van der Waals surface area contributed by atoms with Gasteiger partial charge in [-0.25, -0.2) is 0 Å². The summed E-state index contributed by atoms with van der Waals surface area (Å²) in [5.41, 5.74) is 15.1. The molecule has 0 aliphatic rings. The molecule has 15 heavy (non-hydrogen) atoms. The molecule has 0 aromatic carbocycles. The maximum atomic E-state index is 5.72. The smallest absolute Gasteiger partial charge is 0.0631 e. The molecular formula is C11H22N4. The molecule has 1 atom stereocenters. The standard InChI is InChI=1S/C11H22N4/c1-7(10(5-12)6-13)11-8(2)14-15(4)9(11)3/h7,10H,5-6,12-13H2,1-4H3. The minimum Gasteiger partial charge on any atom is -0.330 e. The van der Waals surface area contributed by atoms with Crippen LogP contribution in [0.3, 0.4) is 0 Å². The molecule has 4 N–H and O–H groups in total. The molecule has 0 bridgehead atoms. The Morgan fingerprint density at radius 3 is 2.13 bits per heavy atom. The summed E-state index contributed by atoms with van der Waals surface area (Å²) in [7, 11) is 1.97. The molecule has 1 unspecified atom stereocenters. The Kier molecular flexibility index (Phi) is 3.88. The fourth-order valence-corrected chi connectivity index (χ4v) is 2.19. The molecule has 0 fully saturated rings. The summed E-state index contributed by atoms with van der Waals surface area (Å²) in [4.78, 5) is 0. The molecule has 0 aliphatic heterocycles. The maximum Gasteiger partial charge on any atom is 0.0631 e. The van der Waals surface area contributed by atoms with Gasteiger partial charge in [0.25, 0.3) is 0 Å². The third kappa shape index (κ3) is 2.21. The summed E-state index contributed by atoms with van der Waals surface area (Å²) < 4.78 is 1.92. The van der Waals surface area contributed by atoms with Crippen LogP contribution in [0.25, 0.3) is 0 Å². The first-order chi connectivity index (χ1) is 7.02. The third-order valence-electron chi connectivity index (χ3n) is 3.33. The van der Waals surface area contributed by atoms with E-state index in [9.17, 15) is 0 Å². The van der Waals surface area contributed by atoms with Crippen molar-refractivity contribution in [3.05, 3.63) is 17.0 Å². The molecule has 4 nitrogen and oxygen atoms in total. The molecular weight excluding hydrogens is 188 g/mol. The van der Waals surface area contributed by atoms with Gasteiger partial charge in [0, 0.05) is 12.7 Å². The number of hydrogen-bond acceptors (Lipinski definition) is 3. The van der Waals surface area contributed by atoms with Crippen LogP contribution in [0.4, 0.5) is 0 Å². The van der Waals surface area contributed by atoms with E-state index in [-0.39, 0.29) is 0 Å². The lowest BCUT2D eigenvalue weighted by molar-refractivity contribution is 0.463. The third-order valence-corrected chi connectivity index (χ3v) is 3.33. The van der Waals surface area contributed by atoms with Gasteiger partial charge in [0.2, 0.25) is 0 Å². The Bertz CT molecular complexity index is 326. The molecule has 86 valence electrons. The first kappa shape index (κ1) is 12.2. The van der Waals surface area contributed by atoms with Crippen LogP contribution < -0.4 is 11.5 Å². The molecule has 1 heterocycles. The van der Waals surface area contributed by atoms with Gasteiger partial charge in [-0.1, -0.05) is 6.92 Å². The molecule has 1 aromatic rings. The summed E-state index contributed by atoms with van der Waals surface area (Å²) in [6, 6.07) is 0. The van der Waals surface area contributed by atoms with E-state index >= 15 is 0 Å². The van der Waals surface area contributed by atoms with Crippen molar-refractivity contribution in [2.24, 2.45) is 24.4 Å². The van der Waals surface area contributed by atoms with Crippen molar-refractivity contribution >= 4 is 0 Å². The van der Waals surface area contributed by atoms with E-state index in [0.717, 1.165) is 5.69 Å². The molecule has 1 aromatic heterocycles. The lowest BCUT2D eigenvalue weighted by Gasteiger charge is -2.21. The number of aromatic nitrogens is 2. The summed E-state index contributed by atoms with van der Waals surface area (Å²) in [5, 5.41) is 4.42.